The van der Waals surface area contributed by atoms with Crippen LogP contribution in [-0.4, -0.2) is 22.7 Å². The fourth-order valence-electron chi connectivity index (χ4n) is 2.47. The van der Waals surface area contributed by atoms with Gasteiger partial charge in [-0.05, 0) is 6.92 Å². The lowest BCUT2D eigenvalue weighted by molar-refractivity contribution is 0.252. The molecule has 0 radical (unpaired) electrons. The summed E-state index contributed by atoms with van der Waals surface area (Å²) in [6.45, 7) is 6.56. The maximum Gasteiger partial charge on any atom is 0.319 e. The van der Waals surface area contributed by atoms with Gasteiger partial charge in [0, 0.05) is 29.8 Å². The van der Waals surface area contributed by atoms with Gasteiger partial charge < -0.3 is 15.2 Å². The van der Waals surface area contributed by atoms with Gasteiger partial charge in [-0.15, -0.1) is 11.3 Å². The van der Waals surface area contributed by atoms with Crippen LogP contribution in [0.25, 0.3) is 11.3 Å². The van der Waals surface area contributed by atoms with Crippen LogP contribution < -0.4 is 10.6 Å². The van der Waals surface area contributed by atoms with E-state index in [1.54, 1.807) is 18.3 Å². The highest BCUT2D eigenvalue weighted by Gasteiger charge is 2.17. The second-order valence-electron chi connectivity index (χ2n) is 6.30. The number of amides is 2. The van der Waals surface area contributed by atoms with E-state index in [2.05, 4.69) is 34.6 Å². The molecule has 2 heterocycles. The van der Waals surface area contributed by atoms with E-state index in [1.807, 2.05) is 35.7 Å². The Hall–Kier alpha value is -2.67. The van der Waals surface area contributed by atoms with Crippen LogP contribution in [0.4, 0.5) is 10.5 Å². The molecule has 3 aromatic rings. The number of rotatable bonds is 6. The number of nitrogens with one attached hydrogen (secondary N) is 2. The molecule has 0 unspecified atom stereocenters. The van der Waals surface area contributed by atoms with Crippen LogP contribution in [0.2, 0.25) is 0 Å². The van der Waals surface area contributed by atoms with E-state index in [0.29, 0.717) is 36.0 Å². The molecule has 0 aliphatic carbocycles. The van der Waals surface area contributed by atoms with E-state index in [1.165, 1.54) is 0 Å². The van der Waals surface area contributed by atoms with Crippen molar-refractivity contribution in [3.8, 4) is 11.3 Å². The molecule has 1 aromatic carbocycles. The van der Waals surface area contributed by atoms with Crippen molar-refractivity contribution in [1.82, 2.24) is 15.5 Å². The third kappa shape index (κ3) is 4.29. The standard InChI is InChI=1S/C19H22N4O2S/c1-12(2)18-21-15(11-26-18)9-10-20-19(24)22-16-13(3)23-25-17(16)14-7-5-4-6-8-14/h4-8,11-12H,9-10H2,1-3H3,(H2,20,22,24). The van der Waals surface area contributed by atoms with Gasteiger partial charge in [0.15, 0.2) is 5.76 Å². The zero-order valence-corrected chi connectivity index (χ0v) is 15.9. The van der Waals surface area contributed by atoms with E-state index < -0.39 is 0 Å². The van der Waals surface area contributed by atoms with Crippen LogP contribution in [0, 0.1) is 6.92 Å². The number of hydrogen-bond donors (Lipinski definition) is 2. The first-order valence-electron chi connectivity index (χ1n) is 8.55. The number of urea groups is 1. The first-order valence-corrected chi connectivity index (χ1v) is 9.43. The van der Waals surface area contributed by atoms with Crippen molar-refractivity contribution in [1.29, 1.82) is 0 Å². The van der Waals surface area contributed by atoms with Gasteiger partial charge in [-0.2, -0.15) is 0 Å². The normalized spacial score (nSPS) is 10.9. The molecular weight excluding hydrogens is 348 g/mol. The molecule has 0 spiro atoms. The van der Waals surface area contributed by atoms with Gasteiger partial charge >= 0.3 is 6.03 Å². The molecule has 0 aliphatic rings. The van der Waals surface area contributed by atoms with Crippen LogP contribution in [-0.2, 0) is 6.42 Å². The Labute approximate surface area is 156 Å². The van der Waals surface area contributed by atoms with E-state index in [9.17, 15) is 4.79 Å². The van der Waals surface area contributed by atoms with Gasteiger partial charge in [0.05, 0.1) is 10.7 Å². The highest BCUT2D eigenvalue weighted by Crippen LogP contribution is 2.30. The number of anilines is 1. The minimum absolute atomic E-state index is 0.284. The van der Waals surface area contributed by atoms with Crippen molar-refractivity contribution in [3.63, 3.8) is 0 Å². The summed E-state index contributed by atoms with van der Waals surface area (Å²) < 4.78 is 5.38. The van der Waals surface area contributed by atoms with Crippen molar-refractivity contribution in [3.05, 3.63) is 52.1 Å². The molecule has 2 amide bonds. The zero-order valence-electron chi connectivity index (χ0n) is 15.1. The monoisotopic (exact) mass is 370 g/mol. The molecule has 0 fully saturated rings. The van der Waals surface area contributed by atoms with Gasteiger partial charge in [-0.1, -0.05) is 49.3 Å². The number of carbonyl (C=O) groups is 1. The van der Waals surface area contributed by atoms with Gasteiger partial charge in [0.25, 0.3) is 0 Å². The molecule has 136 valence electrons. The summed E-state index contributed by atoms with van der Waals surface area (Å²) in [4.78, 5) is 16.8. The van der Waals surface area contributed by atoms with Gasteiger partial charge in [0.2, 0.25) is 0 Å². The predicted molar refractivity (Wildman–Crippen MR) is 104 cm³/mol. The molecule has 26 heavy (non-hydrogen) atoms. The van der Waals surface area contributed by atoms with Crippen LogP contribution >= 0.6 is 11.3 Å². The third-order valence-corrected chi connectivity index (χ3v) is 5.06. The molecule has 0 aliphatic heterocycles. The van der Waals surface area contributed by atoms with Crippen molar-refractivity contribution in [2.45, 2.75) is 33.1 Å². The summed E-state index contributed by atoms with van der Waals surface area (Å²) in [5, 5.41) is 12.8. The number of aryl methyl sites for hydroxylation is 1. The number of carbonyl (C=O) groups excluding carboxylic acids is 1. The number of nitrogens with zero attached hydrogens (tertiary/aromatic N) is 2. The summed E-state index contributed by atoms with van der Waals surface area (Å²) >= 11 is 1.66. The Bertz CT molecular complexity index is 871. The van der Waals surface area contributed by atoms with Crippen LogP contribution in [0.1, 0.15) is 36.2 Å². The summed E-state index contributed by atoms with van der Waals surface area (Å²) in [5.74, 6) is 0.984. The van der Waals surface area contributed by atoms with Gasteiger partial charge in [0.1, 0.15) is 11.4 Å². The summed E-state index contributed by atoms with van der Waals surface area (Å²) in [6.07, 6.45) is 0.699. The van der Waals surface area contributed by atoms with E-state index in [-0.39, 0.29) is 6.03 Å². The van der Waals surface area contributed by atoms with E-state index in [0.717, 1.165) is 16.3 Å². The minimum atomic E-state index is -0.284. The molecular formula is C19H22N4O2S. The first kappa shape index (κ1) is 18.1. The fraction of sp³-hybridized carbons (Fsp3) is 0.316. The maximum absolute atomic E-state index is 12.2. The second kappa shape index (κ2) is 8.14. The Kier molecular flexibility index (Phi) is 5.68. The third-order valence-electron chi connectivity index (χ3n) is 3.87. The number of benzene rings is 1. The SMILES string of the molecule is Cc1noc(-c2ccccc2)c1NC(=O)NCCc1csc(C(C)C)n1. The van der Waals surface area contributed by atoms with E-state index in [4.69, 9.17) is 4.52 Å². The lowest BCUT2D eigenvalue weighted by Crippen LogP contribution is -2.30. The molecule has 2 N–H and O–H groups in total. The summed E-state index contributed by atoms with van der Waals surface area (Å²) in [5.41, 5.74) is 3.10. The predicted octanol–water partition coefficient (Wildman–Crippen LogP) is 4.59. The average Bonchev–Trinajstić information content (AvgIpc) is 3.24. The minimum Gasteiger partial charge on any atom is -0.354 e. The van der Waals surface area contributed by atoms with Crippen molar-refractivity contribution >= 4 is 23.1 Å². The summed E-state index contributed by atoms with van der Waals surface area (Å²) in [7, 11) is 0. The quantitative estimate of drug-likeness (QED) is 0.665. The molecule has 0 saturated heterocycles. The van der Waals surface area contributed by atoms with Crippen LogP contribution in [0.5, 0.6) is 0 Å². The van der Waals surface area contributed by atoms with Gasteiger partial charge in [-0.25, -0.2) is 9.78 Å². The highest BCUT2D eigenvalue weighted by atomic mass is 32.1. The molecule has 6 nitrogen and oxygen atoms in total. The molecule has 3 rings (SSSR count). The highest BCUT2D eigenvalue weighted by molar-refractivity contribution is 7.09. The largest absolute Gasteiger partial charge is 0.354 e. The lowest BCUT2D eigenvalue weighted by Gasteiger charge is -2.07. The second-order valence-corrected chi connectivity index (χ2v) is 7.19. The van der Waals surface area contributed by atoms with Crippen molar-refractivity contribution < 1.29 is 9.32 Å². The van der Waals surface area contributed by atoms with Crippen molar-refractivity contribution in [2.75, 3.05) is 11.9 Å². The summed E-state index contributed by atoms with van der Waals surface area (Å²) in [6, 6.07) is 9.30. The molecule has 2 aromatic heterocycles. The van der Waals surface area contributed by atoms with Crippen LogP contribution in [0.15, 0.2) is 40.2 Å². The number of aromatic nitrogens is 2. The van der Waals surface area contributed by atoms with Crippen molar-refractivity contribution in [2.24, 2.45) is 0 Å². The topological polar surface area (TPSA) is 80.0 Å². The lowest BCUT2D eigenvalue weighted by atomic mass is 10.1. The number of thiazole rings is 1. The smallest absolute Gasteiger partial charge is 0.319 e. The Balaban J connectivity index is 1.58. The molecule has 0 saturated carbocycles. The van der Waals surface area contributed by atoms with E-state index >= 15 is 0 Å². The molecule has 0 atom stereocenters. The molecule has 0 bridgehead atoms. The van der Waals surface area contributed by atoms with Gasteiger partial charge in [-0.3, -0.25) is 0 Å². The first-order chi connectivity index (χ1) is 12.5. The average molecular weight is 370 g/mol. The Morgan fingerprint density at radius 2 is 2.04 bits per heavy atom. The maximum atomic E-state index is 12.2. The fourth-order valence-corrected chi connectivity index (χ4v) is 3.34. The number of hydrogen-bond acceptors (Lipinski definition) is 5. The molecule has 7 heteroatoms. The van der Waals surface area contributed by atoms with Crippen LogP contribution in [0.3, 0.4) is 0 Å². The Morgan fingerprint density at radius 1 is 1.27 bits per heavy atom. The zero-order chi connectivity index (χ0) is 18.5. The Morgan fingerprint density at radius 3 is 2.73 bits per heavy atom.